The summed E-state index contributed by atoms with van der Waals surface area (Å²) in [5.74, 6) is 2.78. The number of hydrogen-bond acceptors (Lipinski definition) is 5. The van der Waals surface area contributed by atoms with Gasteiger partial charge in [-0.3, -0.25) is 4.72 Å². The van der Waals surface area contributed by atoms with Gasteiger partial charge in [0.25, 0.3) is 0 Å². The lowest BCUT2D eigenvalue weighted by Crippen LogP contribution is -2.27. The predicted octanol–water partition coefficient (Wildman–Crippen LogP) is 2.72. The predicted molar refractivity (Wildman–Crippen MR) is 76.0 cm³/mol. The second-order valence-corrected chi connectivity index (χ2v) is 6.18. The lowest BCUT2D eigenvalue weighted by atomic mass is 10.5. The summed E-state index contributed by atoms with van der Waals surface area (Å²) < 4.78 is 8.01. The Labute approximate surface area is 116 Å². The smallest absolute Gasteiger partial charge is 0.324 e. The van der Waals surface area contributed by atoms with E-state index in [-0.39, 0.29) is 6.03 Å². The molecule has 2 amide bonds. The average Bonchev–Trinajstić information content (AvgIpc) is 2.69. The second kappa shape index (κ2) is 8.21. The van der Waals surface area contributed by atoms with Crippen LogP contribution in [0.1, 0.15) is 5.69 Å². The Morgan fingerprint density at radius 3 is 3.06 bits per heavy atom. The first-order valence-electron chi connectivity index (χ1n) is 4.50. The maximum absolute atomic E-state index is 10.8. The topological polar surface area (TPSA) is 54.0 Å². The summed E-state index contributed by atoms with van der Waals surface area (Å²) in [5, 5.41) is 4.48. The highest BCUT2D eigenvalue weighted by Gasteiger charge is 2.02. The molecule has 0 atom stereocenters. The van der Waals surface area contributed by atoms with Crippen LogP contribution in [0.2, 0.25) is 0 Å². The Bertz CT molecular complexity index is 334. The Kier molecular flexibility index (Phi) is 7.26. The molecule has 1 aromatic heterocycles. The standard InChI is InChI=1S/C8H12BrN3OS3/c1-10-8(13)12-15-3-2-14-5-7-6(9)4-16-11-7/h4H,2-3,5H2,1H3,(H2,10,12,13). The van der Waals surface area contributed by atoms with Crippen LogP contribution in [-0.4, -0.2) is 29.0 Å². The molecule has 4 nitrogen and oxygen atoms in total. The molecule has 0 aliphatic rings. The molecule has 0 aromatic carbocycles. The van der Waals surface area contributed by atoms with Crippen LogP contribution in [0.15, 0.2) is 9.85 Å². The molecule has 0 saturated heterocycles. The van der Waals surface area contributed by atoms with E-state index in [0.29, 0.717) is 0 Å². The van der Waals surface area contributed by atoms with Gasteiger partial charge in [-0.1, -0.05) is 0 Å². The molecule has 0 bridgehead atoms. The summed E-state index contributed by atoms with van der Waals surface area (Å²) in [6.07, 6.45) is 0. The number of halogens is 1. The van der Waals surface area contributed by atoms with E-state index in [1.54, 1.807) is 18.8 Å². The van der Waals surface area contributed by atoms with Crippen molar-refractivity contribution < 1.29 is 4.79 Å². The van der Waals surface area contributed by atoms with Gasteiger partial charge in [-0.15, -0.1) is 0 Å². The van der Waals surface area contributed by atoms with Crippen molar-refractivity contribution in [3.05, 3.63) is 15.5 Å². The summed E-state index contributed by atoms with van der Waals surface area (Å²) in [6, 6.07) is -0.155. The average molecular weight is 342 g/mol. The molecule has 90 valence electrons. The number of thioether (sulfide) groups is 1. The van der Waals surface area contributed by atoms with Gasteiger partial charge in [0.15, 0.2) is 0 Å². The van der Waals surface area contributed by atoms with Crippen molar-refractivity contribution in [2.24, 2.45) is 0 Å². The molecule has 1 rings (SSSR count). The highest BCUT2D eigenvalue weighted by Crippen LogP contribution is 2.22. The number of carbonyl (C=O) groups excluding carboxylic acids is 1. The number of urea groups is 1. The lowest BCUT2D eigenvalue weighted by molar-refractivity contribution is 0.248. The largest absolute Gasteiger partial charge is 0.341 e. The molecule has 0 fully saturated rings. The summed E-state index contributed by atoms with van der Waals surface area (Å²) >= 11 is 8.12. The normalized spacial score (nSPS) is 10.1. The maximum atomic E-state index is 10.8. The fourth-order valence-electron chi connectivity index (χ4n) is 0.780. The van der Waals surface area contributed by atoms with Gasteiger partial charge in [-0.05, 0) is 39.4 Å². The third-order valence-electron chi connectivity index (χ3n) is 1.56. The van der Waals surface area contributed by atoms with Crippen LogP contribution in [0.25, 0.3) is 0 Å². The van der Waals surface area contributed by atoms with Gasteiger partial charge in [0.05, 0.1) is 10.2 Å². The van der Waals surface area contributed by atoms with E-state index in [1.807, 2.05) is 5.38 Å². The van der Waals surface area contributed by atoms with Crippen LogP contribution in [0.4, 0.5) is 4.79 Å². The Balaban J connectivity index is 2.00. The minimum atomic E-state index is -0.155. The van der Waals surface area contributed by atoms with Crippen LogP contribution in [0, 0.1) is 0 Å². The number of nitrogens with one attached hydrogen (secondary N) is 2. The number of amides is 2. The summed E-state index contributed by atoms with van der Waals surface area (Å²) in [6.45, 7) is 0. The molecule has 1 aromatic rings. The molecule has 0 aliphatic carbocycles. The van der Waals surface area contributed by atoms with Gasteiger partial charge < -0.3 is 5.32 Å². The first kappa shape index (κ1) is 14.1. The van der Waals surface area contributed by atoms with E-state index < -0.39 is 0 Å². The molecule has 16 heavy (non-hydrogen) atoms. The molecular weight excluding hydrogens is 330 g/mol. The zero-order valence-corrected chi connectivity index (χ0v) is 12.7. The monoisotopic (exact) mass is 341 g/mol. The van der Waals surface area contributed by atoms with Crippen LogP contribution >= 0.6 is 51.2 Å². The fraction of sp³-hybridized carbons (Fsp3) is 0.500. The van der Waals surface area contributed by atoms with E-state index in [2.05, 4.69) is 30.3 Å². The molecule has 2 N–H and O–H groups in total. The number of hydrogen-bond donors (Lipinski definition) is 2. The van der Waals surface area contributed by atoms with Gasteiger partial charge in [-0.2, -0.15) is 16.1 Å². The Morgan fingerprint density at radius 2 is 2.44 bits per heavy atom. The van der Waals surface area contributed by atoms with Crippen molar-refractivity contribution in [3.8, 4) is 0 Å². The highest BCUT2D eigenvalue weighted by atomic mass is 79.9. The maximum Gasteiger partial charge on any atom is 0.324 e. The van der Waals surface area contributed by atoms with Gasteiger partial charge in [0.2, 0.25) is 0 Å². The van der Waals surface area contributed by atoms with Crippen LogP contribution < -0.4 is 10.0 Å². The van der Waals surface area contributed by atoms with Crippen molar-refractivity contribution >= 4 is 57.2 Å². The van der Waals surface area contributed by atoms with Crippen molar-refractivity contribution in [1.82, 2.24) is 14.4 Å². The molecule has 0 spiro atoms. The van der Waals surface area contributed by atoms with Crippen molar-refractivity contribution in [2.45, 2.75) is 5.75 Å². The molecule has 0 radical (unpaired) electrons. The minimum Gasteiger partial charge on any atom is -0.341 e. The highest BCUT2D eigenvalue weighted by molar-refractivity contribution is 9.10. The van der Waals surface area contributed by atoms with Gasteiger partial charge >= 0.3 is 6.03 Å². The second-order valence-electron chi connectivity index (χ2n) is 2.69. The van der Waals surface area contributed by atoms with Gasteiger partial charge in [-0.25, -0.2) is 4.79 Å². The van der Waals surface area contributed by atoms with E-state index in [1.165, 1.54) is 23.5 Å². The number of carbonyl (C=O) groups is 1. The molecule has 0 aliphatic heterocycles. The quantitative estimate of drug-likeness (QED) is 0.617. The number of rotatable bonds is 6. The van der Waals surface area contributed by atoms with Gasteiger partial charge in [0, 0.05) is 29.7 Å². The first-order chi connectivity index (χ1) is 7.74. The van der Waals surface area contributed by atoms with Crippen LogP contribution in [0.3, 0.4) is 0 Å². The van der Waals surface area contributed by atoms with E-state index in [0.717, 1.165) is 27.4 Å². The minimum absolute atomic E-state index is 0.155. The number of nitrogens with zero attached hydrogens (tertiary/aromatic N) is 1. The van der Waals surface area contributed by atoms with E-state index >= 15 is 0 Å². The molecule has 1 heterocycles. The summed E-state index contributed by atoms with van der Waals surface area (Å²) in [4.78, 5) is 10.8. The molecule has 8 heteroatoms. The third kappa shape index (κ3) is 5.42. The third-order valence-corrected chi connectivity index (χ3v) is 5.18. The Morgan fingerprint density at radius 1 is 1.62 bits per heavy atom. The SMILES string of the molecule is CNC(=O)NSCCSCc1nscc1Br. The van der Waals surface area contributed by atoms with E-state index in [9.17, 15) is 4.79 Å². The van der Waals surface area contributed by atoms with Crippen LogP contribution in [-0.2, 0) is 5.75 Å². The van der Waals surface area contributed by atoms with E-state index in [4.69, 9.17) is 0 Å². The summed E-state index contributed by atoms with van der Waals surface area (Å²) in [7, 11) is 1.60. The van der Waals surface area contributed by atoms with Crippen LogP contribution in [0.5, 0.6) is 0 Å². The van der Waals surface area contributed by atoms with Crippen molar-refractivity contribution in [2.75, 3.05) is 18.6 Å². The van der Waals surface area contributed by atoms with Crippen molar-refractivity contribution in [3.63, 3.8) is 0 Å². The number of aromatic nitrogens is 1. The molecular formula is C8H12BrN3OS3. The fourth-order valence-corrected chi connectivity index (χ4v) is 3.91. The Hall–Kier alpha value is 0.0800. The zero-order chi connectivity index (χ0) is 11.8. The molecule has 0 saturated carbocycles. The zero-order valence-electron chi connectivity index (χ0n) is 8.66. The first-order valence-corrected chi connectivity index (χ1v) is 8.27. The molecule has 0 unspecified atom stereocenters. The summed E-state index contributed by atoms with van der Waals surface area (Å²) in [5.41, 5.74) is 1.10. The lowest BCUT2D eigenvalue weighted by Gasteiger charge is -2.02. The van der Waals surface area contributed by atoms with Gasteiger partial charge in [0.1, 0.15) is 0 Å². The van der Waals surface area contributed by atoms with Crippen molar-refractivity contribution in [1.29, 1.82) is 0 Å².